The Morgan fingerprint density at radius 1 is 1.00 bits per heavy atom. The standard InChI is InChI=1S/C11H26N2O2/c1-3-11(4-2)12-5-6-13(7-9-14)8-10-15/h11-12,14-15H,3-10H2,1-2H3. The molecule has 0 aliphatic carbocycles. The SMILES string of the molecule is CCC(CC)NCCN(CCO)CCO. The van der Waals surface area contributed by atoms with E-state index < -0.39 is 0 Å². The van der Waals surface area contributed by atoms with E-state index in [1.165, 1.54) is 0 Å². The molecule has 0 spiro atoms. The topological polar surface area (TPSA) is 55.7 Å². The molecule has 15 heavy (non-hydrogen) atoms. The molecule has 0 amide bonds. The van der Waals surface area contributed by atoms with Crippen molar-refractivity contribution in [1.29, 1.82) is 0 Å². The first-order chi connectivity index (χ1) is 7.28. The van der Waals surface area contributed by atoms with Gasteiger partial charge < -0.3 is 15.5 Å². The second-order valence-corrected chi connectivity index (χ2v) is 3.76. The molecular formula is C11H26N2O2. The molecule has 4 nitrogen and oxygen atoms in total. The molecule has 0 bridgehead atoms. The summed E-state index contributed by atoms with van der Waals surface area (Å²) in [6.07, 6.45) is 2.30. The lowest BCUT2D eigenvalue weighted by Crippen LogP contribution is -2.39. The van der Waals surface area contributed by atoms with Crippen molar-refractivity contribution in [1.82, 2.24) is 10.2 Å². The maximum absolute atomic E-state index is 8.82. The fraction of sp³-hybridized carbons (Fsp3) is 1.00. The van der Waals surface area contributed by atoms with Crippen LogP contribution in [0.15, 0.2) is 0 Å². The van der Waals surface area contributed by atoms with Crippen LogP contribution in [0.3, 0.4) is 0 Å². The Labute approximate surface area is 93.3 Å². The molecular weight excluding hydrogens is 192 g/mol. The second kappa shape index (κ2) is 10.4. The quantitative estimate of drug-likeness (QED) is 0.485. The summed E-state index contributed by atoms with van der Waals surface area (Å²) in [6.45, 7) is 7.77. The van der Waals surface area contributed by atoms with Crippen molar-refractivity contribution in [3.8, 4) is 0 Å². The summed E-state index contributed by atoms with van der Waals surface area (Å²) < 4.78 is 0. The van der Waals surface area contributed by atoms with Crippen molar-refractivity contribution in [2.75, 3.05) is 39.4 Å². The van der Waals surface area contributed by atoms with Crippen molar-refractivity contribution < 1.29 is 10.2 Å². The highest BCUT2D eigenvalue weighted by Gasteiger charge is 2.05. The van der Waals surface area contributed by atoms with Crippen LogP contribution in [-0.2, 0) is 0 Å². The van der Waals surface area contributed by atoms with Gasteiger partial charge in [-0.1, -0.05) is 13.8 Å². The van der Waals surface area contributed by atoms with Crippen LogP contribution < -0.4 is 5.32 Å². The summed E-state index contributed by atoms with van der Waals surface area (Å²) in [4.78, 5) is 2.06. The third-order valence-corrected chi connectivity index (χ3v) is 2.68. The van der Waals surface area contributed by atoms with Crippen LogP contribution in [0.1, 0.15) is 26.7 Å². The fourth-order valence-electron chi connectivity index (χ4n) is 1.62. The summed E-state index contributed by atoms with van der Waals surface area (Å²) >= 11 is 0. The van der Waals surface area contributed by atoms with E-state index in [2.05, 4.69) is 24.1 Å². The Morgan fingerprint density at radius 2 is 1.53 bits per heavy atom. The van der Waals surface area contributed by atoms with Gasteiger partial charge in [0.05, 0.1) is 13.2 Å². The molecule has 0 radical (unpaired) electrons. The van der Waals surface area contributed by atoms with Crippen molar-refractivity contribution in [2.24, 2.45) is 0 Å². The first kappa shape index (κ1) is 14.8. The average Bonchev–Trinajstić information content (AvgIpc) is 2.25. The van der Waals surface area contributed by atoms with E-state index in [-0.39, 0.29) is 13.2 Å². The molecule has 0 saturated heterocycles. The number of nitrogens with zero attached hydrogens (tertiary/aromatic N) is 1. The molecule has 0 unspecified atom stereocenters. The van der Waals surface area contributed by atoms with Gasteiger partial charge in [0.1, 0.15) is 0 Å². The molecule has 0 aromatic rings. The van der Waals surface area contributed by atoms with Crippen molar-refractivity contribution >= 4 is 0 Å². The Bertz CT molecular complexity index is 124. The van der Waals surface area contributed by atoms with E-state index in [0.717, 1.165) is 25.9 Å². The predicted octanol–water partition coefficient (Wildman–Crippen LogP) is 0.0512. The number of hydrogen-bond donors (Lipinski definition) is 3. The van der Waals surface area contributed by atoms with Crippen LogP contribution in [0.25, 0.3) is 0 Å². The predicted molar refractivity (Wildman–Crippen MR) is 63.0 cm³/mol. The van der Waals surface area contributed by atoms with Gasteiger partial charge in [-0.3, -0.25) is 4.90 Å². The summed E-state index contributed by atoms with van der Waals surface area (Å²) in [5.74, 6) is 0. The van der Waals surface area contributed by atoms with Crippen LogP contribution in [0.2, 0.25) is 0 Å². The molecule has 0 aliphatic heterocycles. The molecule has 3 N–H and O–H groups in total. The smallest absolute Gasteiger partial charge is 0.0558 e. The number of rotatable bonds is 10. The molecule has 0 aliphatic rings. The van der Waals surface area contributed by atoms with Crippen molar-refractivity contribution in [3.05, 3.63) is 0 Å². The minimum Gasteiger partial charge on any atom is -0.395 e. The van der Waals surface area contributed by atoms with Gasteiger partial charge in [0.25, 0.3) is 0 Å². The highest BCUT2D eigenvalue weighted by molar-refractivity contribution is 4.65. The summed E-state index contributed by atoms with van der Waals surface area (Å²) in [5, 5.41) is 21.1. The van der Waals surface area contributed by atoms with Gasteiger partial charge in [-0.25, -0.2) is 0 Å². The molecule has 0 fully saturated rings. The molecule has 92 valence electrons. The molecule has 0 aromatic heterocycles. The van der Waals surface area contributed by atoms with E-state index in [9.17, 15) is 0 Å². The maximum atomic E-state index is 8.82. The average molecular weight is 218 g/mol. The van der Waals surface area contributed by atoms with E-state index in [1.54, 1.807) is 0 Å². The number of aliphatic hydroxyl groups is 2. The zero-order valence-electron chi connectivity index (χ0n) is 10.1. The van der Waals surface area contributed by atoms with Crippen LogP contribution in [0, 0.1) is 0 Å². The van der Waals surface area contributed by atoms with Crippen LogP contribution >= 0.6 is 0 Å². The highest BCUT2D eigenvalue weighted by Crippen LogP contribution is 1.95. The Hall–Kier alpha value is -0.160. The lowest BCUT2D eigenvalue weighted by molar-refractivity contribution is 0.160. The van der Waals surface area contributed by atoms with E-state index in [1.807, 2.05) is 0 Å². The summed E-state index contributed by atoms with van der Waals surface area (Å²) in [5.41, 5.74) is 0. The Kier molecular flexibility index (Phi) is 10.3. The van der Waals surface area contributed by atoms with Gasteiger partial charge in [-0.15, -0.1) is 0 Å². The number of nitrogens with one attached hydrogen (secondary N) is 1. The van der Waals surface area contributed by atoms with E-state index >= 15 is 0 Å². The van der Waals surface area contributed by atoms with E-state index in [0.29, 0.717) is 19.1 Å². The monoisotopic (exact) mass is 218 g/mol. The second-order valence-electron chi connectivity index (χ2n) is 3.76. The van der Waals surface area contributed by atoms with Crippen molar-refractivity contribution in [2.45, 2.75) is 32.7 Å². The molecule has 0 aromatic carbocycles. The number of hydrogen-bond acceptors (Lipinski definition) is 4. The van der Waals surface area contributed by atoms with Gasteiger partial charge >= 0.3 is 0 Å². The van der Waals surface area contributed by atoms with Gasteiger partial charge in [0.15, 0.2) is 0 Å². The minimum atomic E-state index is 0.158. The van der Waals surface area contributed by atoms with Gasteiger partial charge in [-0.2, -0.15) is 0 Å². The first-order valence-electron chi connectivity index (χ1n) is 5.95. The minimum absolute atomic E-state index is 0.158. The zero-order valence-corrected chi connectivity index (χ0v) is 10.1. The molecule has 0 saturated carbocycles. The van der Waals surface area contributed by atoms with Crippen molar-refractivity contribution in [3.63, 3.8) is 0 Å². The summed E-state index contributed by atoms with van der Waals surface area (Å²) in [6, 6.07) is 0.593. The van der Waals surface area contributed by atoms with Gasteiger partial charge in [0, 0.05) is 32.2 Å². The van der Waals surface area contributed by atoms with Gasteiger partial charge in [-0.05, 0) is 12.8 Å². The van der Waals surface area contributed by atoms with Gasteiger partial charge in [0.2, 0.25) is 0 Å². The highest BCUT2D eigenvalue weighted by atomic mass is 16.3. The Morgan fingerprint density at radius 3 is 1.93 bits per heavy atom. The van der Waals surface area contributed by atoms with E-state index in [4.69, 9.17) is 10.2 Å². The Balaban J connectivity index is 3.59. The molecule has 0 heterocycles. The third-order valence-electron chi connectivity index (χ3n) is 2.68. The summed E-state index contributed by atoms with van der Waals surface area (Å²) in [7, 11) is 0. The molecule has 4 heteroatoms. The third kappa shape index (κ3) is 7.73. The lowest BCUT2D eigenvalue weighted by Gasteiger charge is -2.22. The van der Waals surface area contributed by atoms with Crippen LogP contribution in [-0.4, -0.2) is 60.5 Å². The van der Waals surface area contributed by atoms with Crippen LogP contribution in [0.4, 0.5) is 0 Å². The maximum Gasteiger partial charge on any atom is 0.0558 e. The number of aliphatic hydroxyl groups excluding tert-OH is 2. The molecule has 0 atom stereocenters. The lowest BCUT2D eigenvalue weighted by atomic mass is 10.2. The molecule has 0 rings (SSSR count). The van der Waals surface area contributed by atoms with Crippen LogP contribution in [0.5, 0.6) is 0 Å². The fourth-order valence-corrected chi connectivity index (χ4v) is 1.62. The first-order valence-corrected chi connectivity index (χ1v) is 5.95. The largest absolute Gasteiger partial charge is 0.395 e. The zero-order chi connectivity index (χ0) is 11.5. The normalized spacial score (nSPS) is 11.6.